The van der Waals surface area contributed by atoms with Gasteiger partial charge in [-0.1, -0.05) is 24.1 Å². The zero-order valence-electron chi connectivity index (χ0n) is 11.9. The Morgan fingerprint density at radius 3 is 2.77 bits per heavy atom. The van der Waals surface area contributed by atoms with Gasteiger partial charge in [0.1, 0.15) is 6.04 Å². The van der Waals surface area contributed by atoms with Crippen molar-refractivity contribution < 1.29 is 14.7 Å². The molecule has 0 bridgehead atoms. The molecule has 7 heteroatoms. The molecule has 0 saturated heterocycles. The summed E-state index contributed by atoms with van der Waals surface area (Å²) >= 11 is 0. The number of nitrogens with one attached hydrogen (secondary N) is 3. The van der Waals surface area contributed by atoms with Crippen LogP contribution in [0.1, 0.15) is 17.3 Å². The summed E-state index contributed by atoms with van der Waals surface area (Å²) in [7, 11) is 0. The molecule has 2 rings (SSSR count). The number of carbonyl (C=O) groups is 2. The molecule has 6 N–H and O–H groups in total. The summed E-state index contributed by atoms with van der Waals surface area (Å²) in [5.74, 6) is 2.16. The number of benzene rings is 1. The third-order valence-electron chi connectivity index (χ3n) is 3.02. The van der Waals surface area contributed by atoms with Gasteiger partial charge in [0.05, 0.1) is 11.7 Å². The summed E-state index contributed by atoms with van der Waals surface area (Å²) in [6, 6.07) is 8.14. The van der Waals surface area contributed by atoms with Crippen molar-refractivity contribution in [2.24, 2.45) is 5.73 Å². The number of aromatic nitrogens is 1. The number of hydrogen-bond acceptors (Lipinski definition) is 3. The lowest BCUT2D eigenvalue weighted by atomic mass is 10.1. The predicted molar refractivity (Wildman–Crippen MR) is 81.7 cm³/mol. The van der Waals surface area contributed by atoms with Gasteiger partial charge in [0.2, 0.25) is 0 Å². The van der Waals surface area contributed by atoms with Crippen molar-refractivity contribution in [3.05, 3.63) is 36.0 Å². The van der Waals surface area contributed by atoms with Crippen molar-refractivity contribution >= 4 is 22.8 Å². The van der Waals surface area contributed by atoms with Crippen LogP contribution in [0.2, 0.25) is 0 Å². The Bertz CT molecular complexity index is 755. The summed E-state index contributed by atoms with van der Waals surface area (Å²) in [5.41, 5.74) is 6.29. The first-order chi connectivity index (χ1) is 10.5. The van der Waals surface area contributed by atoms with Gasteiger partial charge < -0.3 is 21.1 Å². The highest BCUT2D eigenvalue weighted by Crippen LogP contribution is 2.17. The van der Waals surface area contributed by atoms with Crippen molar-refractivity contribution in [1.82, 2.24) is 15.6 Å². The molecular formula is C15H16N4O3. The lowest BCUT2D eigenvalue weighted by Gasteiger charge is -2.13. The summed E-state index contributed by atoms with van der Waals surface area (Å²) in [4.78, 5) is 25.9. The Labute approximate surface area is 126 Å². The largest absolute Gasteiger partial charge is 0.390 e. The average Bonchev–Trinajstić information content (AvgIpc) is 2.89. The van der Waals surface area contributed by atoms with E-state index in [9.17, 15) is 14.7 Å². The van der Waals surface area contributed by atoms with Crippen LogP contribution in [0.3, 0.4) is 0 Å². The van der Waals surface area contributed by atoms with Gasteiger partial charge in [-0.25, -0.2) is 4.79 Å². The lowest BCUT2D eigenvalue weighted by molar-refractivity contribution is 0.0975. The fourth-order valence-corrected chi connectivity index (χ4v) is 1.93. The smallest absolute Gasteiger partial charge is 0.313 e. The van der Waals surface area contributed by atoms with E-state index in [1.807, 2.05) is 24.3 Å². The van der Waals surface area contributed by atoms with Crippen LogP contribution >= 0.6 is 0 Å². The number of carbonyl (C=O) groups excluding carboxylic acids is 2. The maximum atomic E-state index is 12.1. The average molecular weight is 300 g/mol. The Hall–Kier alpha value is -2.98. The van der Waals surface area contributed by atoms with Crippen LogP contribution in [0, 0.1) is 12.0 Å². The molecule has 0 aliphatic rings. The third kappa shape index (κ3) is 3.56. The highest BCUT2D eigenvalue weighted by atomic mass is 16.3. The number of amides is 3. The number of fused-ring (bicyclic) bond motifs is 1. The number of primary amides is 1. The molecule has 0 fully saturated rings. The third-order valence-corrected chi connectivity index (χ3v) is 3.02. The van der Waals surface area contributed by atoms with Crippen LogP contribution in [0.5, 0.6) is 0 Å². The van der Waals surface area contributed by atoms with E-state index < -0.39 is 18.2 Å². The number of hydrogen-bond donors (Lipinski definition) is 5. The van der Waals surface area contributed by atoms with E-state index in [0.717, 1.165) is 10.9 Å². The standard InChI is InChI=1S/C15H16N4O3/c1-9(20)12(19-15(16)22)6-7-17-14(21)11-8-18-13-5-3-2-4-10(11)13/h2-5,8-9,12,18,20H,1H3,(H,17,21)(H3,16,19,22). The van der Waals surface area contributed by atoms with E-state index in [1.54, 1.807) is 6.20 Å². The van der Waals surface area contributed by atoms with Gasteiger partial charge in [-0.2, -0.15) is 0 Å². The molecule has 114 valence electrons. The van der Waals surface area contributed by atoms with E-state index in [0.29, 0.717) is 5.56 Å². The van der Waals surface area contributed by atoms with Crippen molar-refractivity contribution in [3.8, 4) is 12.0 Å². The molecule has 2 unspecified atom stereocenters. The fraction of sp³-hybridized carbons (Fsp3) is 0.200. The Morgan fingerprint density at radius 2 is 2.09 bits per heavy atom. The van der Waals surface area contributed by atoms with Gasteiger partial charge in [-0.05, 0) is 13.0 Å². The van der Waals surface area contributed by atoms with E-state index in [1.165, 1.54) is 6.92 Å². The second-order valence-corrected chi connectivity index (χ2v) is 4.70. The van der Waals surface area contributed by atoms with E-state index >= 15 is 0 Å². The van der Waals surface area contributed by atoms with Gasteiger partial charge in [0, 0.05) is 23.1 Å². The minimum absolute atomic E-state index is 0.381. The van der Waals surface area contributed by atoms with Crippen molar-refractivity contribution in [1.29, 1.82) is 0 Å². The van der Waals surface area contributed by atoms with Crippen LogP contribution in [-0.4, -0.2) is 34.2 Å². The second kappa shape index (κ2) is 6.65. The Balaban J connectivity index is 2.10. The molecule has 1 aromatic heterocycles. The number of aliphatic hydroxyl groups excluding tert-OH is 1. The first-order valence-corrected chi connectivity index (χ1v) is 6.60. The molecule has 0 aliphatic heterocycles. The van der Waals surface area contributed by atoms with Gasteiger partial charge in [0.15, 0.2) is 0 Å². The molecule has 1 aromatic carbocycles. The maximum absolute atomic E-state index is 12.1. The fourth-order valence-electron chi connectivity index (χ4n) is 1.93. The molecule has 1 heterocycles. The highest BCUT2D eigenvalue weighted by molar-refractivity contribution is 6.07. The van der Waals surface area contributed by atoms with Crippen molar-refractivity contribution in [2.45, 2.75) is 19.1 Å². The molecule has 0 aliphatic carbocycles. The maximum Gasteiger partial charge on any atom is 0.313 e. The lowest BCUT2D eigenvalue weighted by Crippen LogP contribution is -2.44. The Kier molecular flexibility index (Phi) is 4.66. The summed E-state index contributed by atoms with van der Waals surface area (Å²) in [5, 5.41) is 14.9. The SMILES string of the molecule is CC(O)C(C#CNC(=O)c1c[nH]c2ccccc12)NC(N)=O. The first-order valence-electron chi connectivity index (χ1n) is 6.60. The van der Waals surface area contributed by atoms with Gasteiger partial charge in [-0.15, -0.1) is 0 Å². The number of aromatic amines is 1. The molecular weight excluding hydrogens is 284 g/mol. The monoisotopic (exact) mass is 300 g/mol. The molecule has 0 saturated carbocycles. The summed E-state index contributed by atoms with van der Waals surface area (Å²) in [6.45, 7) is 1.46. The minimum atomic E-state index is -0.926. The number of urea groups is 1. The van der Waals surface area contributed by atoms with Crippen molar-refractivity contribution in [3.63, 3.8) is 0 Å². The highest BCUT2D eigenvalue weighted by Gasteiger charge is 2.14. The number of nitrogens with two attached hydrogens (primary N) is 1. The summed E-state index contributed by atoms with van der Waals surface area (Å²) in [6.07, 6.45) is 0.667. The second-order valence-electron chi connectivity index (χ2n) is 4.70. The van der Waals surface area contributed by atoms with Gasteiger partial charge in [0.25, 0.3) is 5.91 Å². The minimum Gasteiger partial charge on any atom is -0.390 e. The van der Waals surface area contributed by atoms with Crippen LogP contribution in [0.25, 0.3) is 10.9 Å². The molecule has 3 amide bonds. The summed E-state index contributed by atoms with van der Waals surface area (Å²) < 4.78 is 0. The van der Waals surface area contributed by atoms with E-state index in [2.05, 4.69) is 27.6 Å². The molecule has 0 radical (unpaired) electrons. The molecule has 2 aromatic rings. The van der Waals surface area contributed by atoms with Crippen LogP contribution in [-0.2, 0) is 0 Å². The number of para-hydroxylation sites is 1. The molecule has 2 atom stereocenters. The Morgan fingerprint density at radius 1 is 1.36 bits per heavy atom. The van der Waals surface area contributed by atoms with Crippen molar-refractivity contribution in [2.75, 3.05) is 0 Å². The van der Waals surface area contributed by atoms with Crippen LogP contribution in [0.4, 0.5) is 4.79 Å². The van der Waals surface area contributed by atoms with E-state index in [-0.39, 0.29) is 5.91 Å². The zero-order chi connectivity index (χ0) is 16.1. The van der Waals surface area contributed by atoms with Crippen LogP contribution < -0.4 is 16.4 Å². The van der Waals surface area contributed by atoms with Crippen LogP contribution in [0.15, 0.2) is 30.5 Å². The topological polar surface area (TPSA) is 120 Å². The first kappa shape index (κ1) is 15.4. The number of rotatable bonds is 3. The molecule has 7 nitrogen and oxygen atoms in total. The zero-order valence-corrected chi connectivity index (χ0v) is 11.9. The van der Waals surface area contributed by atoms with Gasteiger partial charge >= 0.3 is 6.03 Å². The normalized spacial score (nSPS) is 12.8. The number of H-pyrrole nitrogens is 1. The van der Waals surface area contributed by atoms with E-state index in [4.69, 9.17) is 5.73 Å². The quantitative estimate of drug-likeness (QED) is 0.413. The predicted octanol–water partition coefficient (Wildman–Crippen LogP) is 0.276. The molecule has 22 heavy (non-hydrogen) atoms. The van der Waals surface area contributed by atoms with Gasteiger partial charge in [-0.3, -0.25) is 10.1 Å². The molecule has 0 spiro atoms. The number of aliphatic hydroxyl groups is 1.